The van der Waals surface area contributed by atoms with Crippen LogP contribution in [0.15, 0.2) is 12.5 Å². The molecule has 0 spiro atoms. The summed E-state index contributed by atoms with van der Waals surface area (Å²) in [5.74, 6) is 0. The summed E-state index contributed by atoms with van der Waals surface area (Å²) >= 11 is 0. The lowest BCUT2D eigenvalue weighted by Gasteiger charge is -2.34. The molecule has 1 aliphatic rings. The molecule has 1 amide bonds. The van der Waals surface area contributed by atoms with E-state index in [0.717, 1.165) is 5.69 Å². The Morgan fingerprint density at radius 1 is 1.61 bits per heavy atom. The maximum absolute atomic E-state index is 12.0. The van der Waals surface area contributed by atoms with E-state index in [0.29, 0.717) is 13.1 Å². The maximum atomic E-state index is 12.0. The highest BCUT2D eigenvalue weighted by Crippen LogP contribution is 2.22. The second-order valence-corrected chi connectivity index (χ2v) is 5.49. The largest absolute Gasteiger partial charge is 0.444 e. The average Bonchev–Trinajstić information content (AvgIpc) is 2.73. The number of rotatable bonds is 1. The first-order valence-corrected chi connectivity index (χ1v) is 6.00. The highest BCUT2D eigenvalue weighted by molar-refractivity contribution is 5.68. The molecule has 0 aromatic carbocycles. The van der Waals surface area contributed by atoms with E-state index in [1.165, 1.54) is 0 Å². The molecule has 0 bridgehead atoms. The monoisotopic (exact) mass is 253 g/mol. The number of ether oxygens (including phenoxy) is 1. The van der Waals surface area contributed by atoms with Gasteiger partial charge in [-0.15, -0.1) is 0 Å². The Kier molecular flexibility index (Phi) is 3.30. The molecule has 0 saturated carbocycles. The van der Waals surface area contributed by atoms with Crippen molar-refractivity contribution in [2.75, 3.05) is 13.2 Å². The van der Waals surface area contributed by atoms with E-state index >= 15 is 0 Å². The van der Waals surface area contributed by atoms with Gasteiger partial charge in [-0.05, 0) is 20.8 Å². The second-order valence-electron chi connectivity index (χ2n) is 5.49. The third kappa shape index (κ3) is 2.64. The Morgan fingerprint density at radius 3 is 2.94 bits per heavy atom. The molecule has 1 atom stereocenters. The molecule has 1 aromatic heterocycles. The number of imidazole rings is 1. The lowest BCUT2D eigenvalue weighted by atomic mass is 10.2. The van der Waals surface area contributed by atoms with Crippen LogP contribution in [0.2, 0.25) is 0 Å². The number of carbonyl (C=O) groups excluding carboxylic acids is 1. The smallest absolute Gasteiger partial charge is 0.410 e. The van der Waals surface area contributed by atoms with E-state index in [2.05, 4.69) is 4.98 Å². The molecular formula is C12H19N3O3. The number of aliphatic hydroxyl groups excluding tert-OH is 1. The number of aromatic nitrogens is 2. The van der Waals surface area contributed by atoms with Crippen LogP contribution in [-0.4, -0.2) is 44.4 Å². The highest BCUT2D eigenvalue weighted by Gasteiger charge is 2.30. The molecule has 1 N–H and O–H groups in total. The molecule has 1 aliphatic heterocycles. The summed E-state index contributed by atoms with van der Waals surface area (Å²) < 4.78 is 7.24. The van der Waals surface area contributed by atoms with Crippen LogP contribution < -0.4 is 0 Å². The van der Waals surface area contributed by atoms with Crippen LogP contribution in [0.5, 0.6) is 0 Å². The topological polar surface area (TPSA) is 67.6 Å². The Bertz CT molecular complexity index is 436. The van der Waals surface area contributed by atoms with E-state index < -0.39 is 5.60 Å². The van der Waals surface area contributed by atoms with Gasteiger partial charge in [-0.3, -0.25) is 0 Å². The van der Waals surface area contributed by atoms with E-state index in [4.69, 9.17) is 4.74 Å². The maximum Gasteiger partial charge on any atom is 0.410 e. The molecule has 2 rings (SSSR count). The van der Waals surface area contributed by atoms with Crippen LogP contribution >= 0.6 is 0 Å². The second kappa shape index (κ2) is 4.61. The van der Waals surface area contributed by atoms with Crippen LogP contribution in [0.25, 0.3) is 0 Å². The minimum atomic E-state index is -0.510. The van der Waals surface area contributed by atoms with Crippen LogP contribution in [0.3, 0.4) is 0 Å². The first-order valence-electron chi connectivity index (χ1n) is 6.00. The standard InChI is InChI=1S/C12H19N3O3/c1-12(2,3)18-11(17)14-5-9-4-13-8-15(9)10(6-14)7-16/h4,8,10,16H,5-7H2,1-3H3. The molecule has 1 unspecified atom stereocenters. The molecule has 0 aliphatic carbocycles. The molecule has 0 saturated heterocycles. The molecule has 6 heteroatoms. The summed E-state index contributed by atoms with van der Waals surface area (Å²) in [6.45, 7) is 6.39. The summed E-state index contributed by atoms with van der Waals surface area (Å²) in [7, 11) is 0. The van der Waals surface area contributed by atoms with Crippen molar-refractivity contribution in [3.63, 3.8) is 0 Å². The predicted molar refractivity (Wildman–Crippen MR) is 65.0 cm³/mol. The fourth-order valence-corrected chi connectivity index (χ4v) is 2.00. The Balaban J connectivity index is 2.12. The minimum absolute atomic E-state index is 0.0251. The summed E-state index contributed by atoms with van der Waals surface area (Å²) in [6.07, 6.45) is 3.04. The Labute approximate surface area is 106 Å². The zero-order valence-electron chi connectivity index (χ0n) is 11.0. The van der Waals surface area contributed by atoms with Crippen molar-refractivity contribution in [2.45, 2.75) is 39.0 Å². The van der Waals surface area contributed by atoms with Gasteiger partial charge in [0.1, 0.15) is 5.60 Å². The molecule has 1 aromatic rings. The van der Waals surface area contributed by atoms with Crippen molar-refractivity contribution in [1.82, 2.24) is 14.5 Å². The summed E-state index contributed by atoms with van der Waals surface area (Å²) in [5.41, 5.74) is 0.398. The fraction of sp³-hybridized carbons (Fsp3) is 0.667. The van der Waals surface area contributed by atoms with Gasteiger partial charge in [0.05, 0.1) is 31.2 Å². The van der Waals surface area contributed by atoms with Gasteiger partial charge < -0.3 is 19.3 Å². The van der Waals surface area contributed by atoms with Crippen molar-refractivity contribution in [2.24, 2.45) is 0 Å². The van der Waals surface area contributed by atoms with Gasteiger partial charge in [0.25, 0.3) is 0 Å². The molecule has 18 heavy (non-hydrogen) atoms. The van der Waals surface area contributed by atoms with Crippen molar-refractivity contribution in [3.8, 4) is 0 Å². The van der Waals surface area contributed by atoms with Gasteiger partial charge >= 0.3 is 6.09 Å². The Hall–Kier alpha value is -1.56. The quantitative estimate of drug-likeness (QED) is 0.815. The normalized spacial score (nSPS) is 19.6. The van der Waals surface area contributed by atoms with Gasteiger partial charge in [-0.1, -0.05) is 0 Å². The number of nitrogens with zero attached hydrogens (tertiary/aromatic N) is 3. The third-order valence-electron chi connectivity index (χ3n) is 2.79. The first kappa shape index (κ1) is 12.9. The number of amides is 1. The van der Waals surface area contributed by atoms with Crippen molar-refractivity contribution in [1.29, 1.82) is 0 Å². The molecular weight excluding hydrogens is 234 g/mol. The van der Waals surface area contributed by atoms with Gasteiger partial charge in [0, 0.05) is 12.7 Å². The van der Waals surface area contributed by atoms with Gasteiger partial charge in [-0.25, -0.2) is 9.78 Å². The molecule has 6 nitrogen and oxygen atoms in total. The zero-order chi connectivity index (χ0) is 13.3. The first-order chi connectivity index (χ1) is 8.40. The van der Waals surface area contributed by atoms with Gasteiger partial charge in [-0.2, -0.15) is 0 Å². The average molecular weight is 253 g/mol. The van der Waals surface area contributed by atoms with Crippen LogP contribution in [0.1, 0.15) is 32.5 Å². The number of hydrogen-bond acceptors (Lipinski definition) is 4. The van der Waals surface area contributed by atoms with Crippen LogP contribution in [0.4, 0.5) is 4.79 Å². The van der Waals surface area contributed by atoms with Crippen LogP contribution in [0, 0.1) is 0 Å². The lowest BCUT2D eigenvalue weighted by Crippen LogP contribution is -2.44. The van der Waals surface area contributed by atoms with E-state index in [1.807, 2.05) is 25.3 Å². The van der Waals surface area contributed by atoms with Crippen LogP contribution in [-0.2, 0) is 11.3 Å². The van der Waals surface area contributed by atoms with E-state index in [1.54, 1.807) is 17.4 Å². The molecule has 100 valence electrons. The fourth-order valence-electron chi connectivity index (χ4n) is 2.00. The van der Waals surface area contributed by atoms with Crippen molar-refractivity contribution < 1.29 is 14.6 Å². The number of fused-ring (bicyclic) bond motifs is 1. The summed E-state index contributed by atoms with van der Waals surface area (Å²) in [4.78, 5) is 17.6. The molecule has 0 radical (unpaired) electrons. The number of aliphatic hydroxyl groups is 1. The number of hydrogen-bond donors (Lipinski definition) is 1. The SMILES string of the molecule is CC(C)(C)OC(=O)N1Cc2cncn2C(CO)C1. The van der Waals surface area contributed by atoms with E-state index in [-0.39, 0.29) is 18.7 Å². The Morgan fingerprint density at radius 2 is 2.33 bits per heavy atom. The van der Waals surface area contributed by atoms with Gasteiger partial charge in [0.2, 0.25) is 0 Å². The molecule has 0 fully saturated rings. The number of carbonyl (C=O) groups is 1. The highest BCUT2D eigenvalue weighted by atomic mass is 16.6. The predicted octanol–water partition coefficient (Wildman–Crippen LogP) is 1.17. The summed E-state index contributed by atoms with van der Waals surface area (Å²) in [6, 6.07) is -0.149. The van der Waals surface area contributed by atoms with E-state index in [9.17, 15) is 9.90 Å². The lowest BCUT2D eigenvalue weighted by molar-refractivity contribution is 0.0140. The zero-order valence-corrected chi connectivity index (χ0v) is 11.0. The minimum Gasteiger partial charge on any atom is -0.444 e. The summed E-state index contributed by atoms with van der Waals surface area (Å²) in [5, 5.41) is 9.36. The van der Waals surface area contributed by atoms with Gasteiger partial charge in [0.15, 0.2) is 0 Å². The molecule has 2 heterocycles. The van der Waals surface area contributed by atoms with Crippen molar-refractivity contribution >= 4 is 6.09 Å². The van der Waals surface area contributed by atoms with Crippen molar-refractivity contribution in [3.05, 3.63) is 18.2 Å². The third-order valence-corrected chi connectivity index (χ3v) is 2.79.